The molecular weight excluding hydrogens is 655 g/mol. The Kier molecular flexibility index (Phi) is 13.2. The van der Waals surface area contributed by atoms with Crippen LogP contribution in [-0.2, 0) is 19.2 Å². The summed E-state index contributed by atoms with van der Waals surface area (Å²) in [5, 5.41) is 61.4. The molecule has 18 heteroatoms. The second kappa shape index (κ2) is 15.8. The Morgan fingerprint density at radius 2 is 1.17 bits per heavy atom. The van der Waals surface area contributed by atoms with Gasteiger partial charge in [0.1, 0.15) is 0 Å². The Morgan fingerprint density at radius 1 is 0.739 bits per heavy atom. The maximum Gasteiger partial charge on any atom is 0.334 e. The minimum atomic E-state index is -1.28. The molecule has 0 atom stereocenters. The number of nitro benzene ring substituents is 2. The molecule has 0 fully saturated rings. The van der Waals surface area contributed by atoms with E-state index in [0.29, 0.717) is 17.1 Å². The van der Waals surface area contributed by atoms with Crippen LogP contribution in [0.1, 0.15) is 31.7 Å². The fraction of sp³-hybridized carbons (Fsp3) is 0.143. The van der Waals surface area contributed by atoms with E-state index in [-0.39, 0.29) is 70.5 Å². The second-order valence-electron chi connectivity index (χ2n) is 9.38. The molecule has 46 heavy (non-hydrogen) atoms. The fourth-order valence-corrected chi connectivity index (χ4v) is 4.56. The van der Waals surface area contributed by atoms with E-state index in [1.807, 2.05) is 0 Å². The highest BCUT2D eigenvalue weighted by atomic mass is 35.5. The number of carbonyl (C=O) groups is 4. The molecule has 0 radical (unpaired) electrons. The third-order valence-corrected chi connectivity index (χ3v) is 6.49. The van der Waals surface area contributed by atoms with Crippen molar-refractivity contribution in [3.05, 3.63) is 120 Å². The number of non-ortho nitro benzene ring substituents is 2. The SMILES string of the molecule is CC1=C(C(=O)O)C(c2cccc([N+](=O)[O-])c2)C(C(=O)O)=C(C)N1.Cl.Cl.O=C(O)C1=CN(c2cccc([N+](=O)[O-])c2)C=C(C(=O)O)C1. The molecule has 2 aliphatic heterocycles. The molecule has 2 aromatic rings. The van der Waals surface area contributed by atoms with E-state index in [9.17, 15) is 49.6 Å². The fourth-order valence-electron chi connectivity index (χ4n) is 4.56. The van der Waals surface area contributed by atoms with E-state index in [1.165, 1.54) is 79.7 Å². The number of benzene rings is 2. The van der Waals surface area contributed by atoms with Gasteiger partial charge >= 0.3 is 23.9 Å². The standard InChI is InChI=1S/C15H14N2O6.C13H10N2O6.2ClH/c1-7-11(14(18)19)13(12(15(20)21)8(2)16-7)9-4-3-5-10(6-9)17(22)23;16-12(17)8-4-9(13(18)19)7-14(6-8)10-2-1-3-11(5-10)15(20)21;;/h3-6,13,16H,1-2H3,(H,18,19)(H,20,21);1-3,5-7H,4H2,(H,16,17)(H,18,19);2*1H. The lowest BCUT2D eigenvalue weighted by atomic mass is 9.80. The van der Waals surface area contributed by atoms with Gasteiger partial charge in [0.25, 0.3) is 11.4 Å². The number of halogens is 2. The van der Waals surface area contributed by atoms with Crippen LogP contribution < -0.4 is 10.2 Å². The number of dihydropyridines is 1. The minimum Gasteiger partial charge on any atom is -0.478 e. The van der Waals surface area contributed by atoms with E-state index in [2.05, 4.69) is 5.32 Å². The first-order valence-electron chi connectivity index (χ1n) is 12.4. The van der Waals surface area contributed by atoms with Crippen molar-refractivity contribution < 1.29 is 49.5 Å². The highest BCUT2D eigenvalue weighted by molar-refractivity contribution is 5.98. The van der Waals surface area contributed by atoms with Crippen LogP contribution in [-0.4, -0.2) is 54.1 Å². The molecule has 0 aliphatic carbocycles. The molecular formula is C28H26Cl2N4O12. The van der Waals surface area contributed by atoms with Crippen molar-refractivity contribution in [3.8, 4) is 0 Å². The summed E-state index contributed by atoms with van der Waals surface area (Å²) < 4.78 is 0. The zero-order valence-electron chi connectivity index (χ0n) is 23.8. The summed E-state index contributed by atoms with van der Waals surface area (Å²) in [6.07, 6.45) is 2.28. The Balaban J connectivity index is 0.000000442. The lowest BCUT2D eigenvalue weighted by Gasteiger charge is -2.28. The van der Waals surface area contributed by atoms with E-state index in [1.54, 1.807) is 0 Å². The monoisotopic (exact) mass is 680 g/mol. The number of aliphatic carboxylic acids is 4. The predicted molar refractivity (Wildman–Crippen MR) is 166 cm³/mol. The van der Waals surface area contributed by atoms with Crippen molar-refractivity contribution in [2.24, 2.45) is 0 Å². The number of hydrogen-bond acceptors (Lipinski definition) is 10. The first-order valence-corrected chi connectivity index (χ1v) is 12.4. The zero-order chi connectivity index (χ0) is 32.9. The Labute approximate surface area is 271 Å². The number of nitro groups is 2. The van der Waals surface area contributed by atoms with E-state index in [0.717, 1.165) is 0 Å². The third kappa shape index (κ3) is 8.67. The van der Waals surface area contributed by atoms with E-state index in [4.69, 9.17) is 10.2 Å². The summed E-state index contributed by atoms with van der Waals surface area (Å²) in [6, 6.07) is 10.8. The maximum atomic E-state index is 11.6. The molecule has 2 aliphatic rings. The number of rotatable bonds is 8. The topological polar surface area (TPSA) is 251 Å². The van der Waals surface area contributed by atoms with Crippen molar-refractivity contribution in [3.63, 3.8) is 0 Å². The molecule has 2 heterocycles. The minimum absolute atomic E-state index is 0. The van der Waals surface area contributed by atoms with Gasteiger partial charge in [0.2, 0.25) is 0 Å². The molecule has 0 aromatic heterocycles. The molecule has 0 saturated carbocycles. The molecule has 4 rings (SSSR count). The Hall–Kier alpha value is -5.74. The summed E-state index contributed by atoms with van der Waals surface area (Å²) in [5.74, 6) is -6.13. The third-order valence-electron chi connectivity index (χ3n) is 6.49. The number of nitrogens with zero attached hydrogens (tertiary/aromatic N) is 3. The van der Waals surface area contributed by atoms with Crippen LogP contribution in [0, 0.1) is 20.2 Å². The normalized spacial score (nSPS) is 14.2. The lowest BCUT2D eigenvalue weighted by molar-refractivity contribution is -0.385. The summed E-state index contributed by atoms with van der Waals surface area (Å²) in [5.41, 5.74) is 0.243. The number of allylic oxidation sites excluding steroid dienone is 2. The van der Waals surface area contributed by atoms with Gasteiger partial charge in [0.15, 0.2) is 0 Å². The van der Waals surface area contributed by atoms with Crippen molar-refractivity contribution in [1.82, 2.24) is 5.32 Å². The molecule has 5 N–H and O–H groups in total. The average molecular weight is 681 g/mol. The number of anilines is 1. The molecule has 0 spiro atoms. The second-order valence-corrected chi connectivity index (χ2v) is 9.38. The summed E-state index contributed by atoms with van der Waals surface area (Å²) in [7, 11) is 0. The lowest BCUT2D eigenvalue weighted by Crippen LogP contribution is -2.31. The van der Waals surface area contributed by atoms with Gasteiger partial charge in [0.05, 0.1) is 43.7 Å². The van der Waals surface area contributed by atoms with Crippen LogP contribution in [0.15, 0.2) is 94.6 Å². The van der Waals surface area contributed by atoms with Gasteiger partial charge in [-0.3, -0.25) is 20.2 Å². The van der Waals surface area contributed by atoms with Crippen LogP contribution in [0.25, 0.3) is 0 Å². The zero-order valence-corrected chi connectivity index (χ0v) is 25.4. The van der Waals surface area contributed by atoms with Crippen molar-refractivity contribution in [1.29, 1.82) is 0 Å². The number of nitrogens with one attached hydrogen (secondary N) is 1. The molecule has 2 aromatic carbocycles. The van der Waals surface area contributed by atoms with Crippen LogP contribution >= 0.6 is 24.8 Å². The number of hydrogen-bond donors (Lipinski definition) is 5. The van der Waals surface area contributed by atoms with Gasteiger partial charge in [-0.2, -0.15) is 0 Å². The molecule has 0 unspecified atom stereocenters. The van der Waals surface area contributed by atoms with Gasteiger partial charge in [0, 0.05) is 54.5 Å². The highest BCUT2D eigenvalue weighted by Crippen LogP contribution is 2.39. The molecule has 16 nitrogen and oxygen atoms in total. The van der Waals surface area contributed by atoms with Crippen LogP contribution in [0.3, 0.4) is 0 Å². The van der Waals surface area contributed by atoms with Gasteiger partial charge in [-0.15, -0.1) is 24.8 Å². The molecule has 0 saturated heterocycles. The van der Waals surface area contributed by atoms with E-state index < -0.39 is 39.6 Å². The highest BCUT2D eigenvalue weighted by Gasteiger charge is 2.37. The number of carboxylic acid groups (broad SMARTS) is 4. The largest absolute Gasteiger partial charge is 0.478 e. The summed E-state index contributed by atoms with van der Waals surface area (Å²) in [6.45, 7) is 3.05. The van der Waals surface area contributed by atoms with Gasteiger partial charge < -0.3 is 30.6 Å². The van der Waals surface area contributed by atoms with Crippen molar-refractivity contribution >= 4 is 65.8 Å². The first kappa shape index (κ1) is 38.3. The Morgan fingerprint density at radius 3 is 1.59 bits per heavy atom. The quantitative estimate of drug-likeness (QED) is 0.189. The predicted octanol–water partition coefficient (Wildman–Crippen LogP) is 4.58. The van der Waals surface area contributed by atoms with Gasteiger partial charge in [-0.1, -0.05) is 18.2 Å². The van der Waals surface area contributed by atoms with Crippen molar-refractivity contribution in [2.45, 2.75) is 26.2 Å². The first-order chi connectivity index (χ1) is 20.6. The number of carboxylic acids is 4. The summed E-state index contributed by atoms with van der Waals surface area (Å²) in [4.78, 5) is 67.0. The van der Waals surface area contributed by atoms with E-state index >= 15 is 0 Å². The van der Waals surface area contributed by atoms with Crippen molar-refractivity contribution in [2.75, 3.05) is 4.90 Å². The smallest absolute Gasteiger partial charge is 0.334 e. The van der Waals surface area contributed by atoms with Crippen LogP contribution in [0.4, 0.5) is 17.1 Å². The molecule has 244 valence electrons. The average Bonchev–Trinajstić information content (AvgIpc) is 2.96. The van der Waals surface area contributed by atoms with Gasteiger partial charge in [-0.05, 0) is 25.5 Å². The Bertz CT molecular complexity index is 1670. The maximum absolute atomic E-state index is 11.6. The molecule has 0 bridgehead atoms. The van der Waals surface area contributed by atoms with Crippen LogP contribution in [0.5, 0.6) is 0 Å². The van der Waals surface area contributed by atoms with Gasteiger partial charge in [-0.25, -0.2) is 19.2 Å². The summed E-state index contributed by atoms with van der Waals surface area (Å²) >= 11 is 0. The molecule has 0 amide bonds. The van der Waals surface area contributed by atoms with Crippen LogP contribution in [0.2, 0.25) is 0 Å².